The number of hydrogen-bond donors (Lipinski definition) is 2. The lowest BCUT2D eigenvalue weighted by molar-refractivity contribution is -0.116. The Balaban J connectivity index is 1.15. The number of amides is 2. The number of pyridine rings is 1. The molecule has 3 aromatic heterocycles. The Kier molecular flexibility index (Phi) is 8.77. The molecule has 0 saturated carbocycles. The number of hydrogen-bond acceptors (Lipinski definition) is 8. The molecular weight excluding hydrogens is 474 g/mol. The summed E-state index contributed by atoms with van der Waals surface area (Å²) < 4.78 is 0. The van der Waals surface area contributed by atoms with Crippen molar-refractivity contribution in [2.75, 3.05) is 10.6 Å². The average Bonchev–Trinajstić information content (AvgIpc) is 3.30. The first kappa shape index (κ1) is 25.1. The Morgan fingerprint density at radius 1 is 0.833 bits per heavy atom. The zero-order valence-corrected chi connectivity index (χ0v) is 20.8. The summed E-state index contributed by atoms with van der Waals surface area (Å²) in [6.45, 7) is 2.00. The number of carbonyl (C=O) groups excluding carboxylic acids is 2. The van der Waals surface area contributed by atoms with Crippen LogP contribution in [0.5, 0.6) is 0 Å². The molecule has 2 N–H and O–H groups in total. The van der Waals surface area contributed by atoms with Crippen molar-refractivity contribution < 1.29 is 9.59 Å². The summed E-state index contributed by atoms with van der Waals surface area (Å²) >= 11 is 1.39. The topological polar surface area (TPSA) is 123 Å². The highest BCUT2D eigenvalue weighted by molar-refractivity contribution is 7.15. The fraction of sp³-hybridized carbons (Fsp3) is 0.269. The highest BCUT2D eigenvalue weighted by Crippen LogP contribution is 2.18. The third kappa shape index (κ3) is 8.02. The van der Waals surface area contributed by atoms with Gasteiger partial charge in [-0.2, -0.15) is 5.10 Å². The Bertz CT molecular complexity index is 1290. The van der Waals surface area contributed by atoms with Gasteiger partial charge in [-0.1, -0.05) is 47.2 Å². The van der Waals surface area contributed by atoms with Gasteiger partial charge in [0.25, 0.3) is 0 Å². The smallest absolute Gasteiger partial charge is 0.230 e. The molecular formula is C26H27N7O2S. The molecule has 4 rings (SSSR count). The molecule has 4 aromatic rings. The van der Waals surface area contributed by atoms with E-state index in [4.69, 9.17) is 0 Å². The van der Waals surface area contributed by atoms with Crippen molar-refractivity contribution in [1.82, 2.24) is 25.4 Å². The van der Waals surface area contributed by atoms with Gasteiger partial charge in [0.05, 0.1) is 18.5 Å². The lowest BCUT2D eigenvalue weighted by Gasteiger charge is -2.05. The van der Waals surface area contributed by atoms with Gasteiger partial charge in [0.2, 0.25) is 16.9 Å². The summed E-state index contributed by atoms with van der Waals surface area (Å²) in [6.07, 6.45) is 7.27. The molecule has 2 amide bonds. The van der Waals surface area contributed by atoms with Crippen LogP contribution in [0, 0.1) is 6.92 Å². The van der Waals surface area contributed by atoms with Crippen molar-refractivity contribution in [2.45, 2.75) is 45.4 Å². The highest BCUT2D eigenvalue weighted by Gasteiger charge is 2.10. The minimum Gasteiger partial charge on any atom is -0.309 e. The van der Waals surface area contributed by atoms with Crippen molar-refractivity contribution in [1.29, 1.82) is 0 Å². The van der Waals surface area contributed by atoms with Crippen LogP contribution < -0.4 is 10.6 Å². The summed E-state index contributed by atoms with van der Waals surface area (Å²) in [5.74, 6) is 0.190. The molecule has 1 aromatic carbocycles. The van der Waals surface area contributed by atoms with Crippen molar-refractivity contribution in [3.05, 3.63) is 88.3 Å². The van der Waals surface area contributed by atoms with E-state index in [1.807, 2.05) is 43.3 Å². The number of nitrogens with zero attached hydrogens (tertiary/aromatic N) is 5. The maximum atomic E-state index is 12.3. The molecule has 0 aliphatic carbocycles. The molecule has 184 valence electrons. The number of unbranched alkanes of at least 4 members (excludes halogenated alkanes) is 1. The SMILES string of the molecule is Cc1cccc(CC(=O)Nc2ccc(CCCCc3nnc(NC(=O)Cc4cccnc4)s3)nn2)c1. The van der Waals surface area contributed by atoms with Gasteiger partial charge in [0.15, 0.2) is 5.82 Å². The predicted molar refractivity (Wildman–Crippen MR) is 139 cm³/mol. The first-order valence-electron chi connectivity index (χ1n) is 11.7. The van der Waals surface area contributed by atoms with E-state index in [-0.39, 0.29) is 18.2 Å². The average molecular weight is 502 g/mol. The first-order chi connectivity index (χ1) is 17.5. The summed E-state index contributed by atoms with van der Waals surface area (Å²) in [6, 6.07) is 15.2. The van der Waals surface area contributed by atoms with E-state index >= 15 is 0 Å². The molecule has 9 nitrogen and oxygen atoms in total. The molecule has 0 spiro atoms. The van der Waals surface area contributed by atoms with E-state index in [0.717, 1.165) is 53.1 Å². The molecule has 0 unspecified atom stereocenters. The number of anilines is 2. The van der Waals surface area contributed by atoms with E-state index in [1.54, 1.807) is 24.5 Å². The quantitative estimate of drug-likeness (QED) is 0.298. The number of aryl methyl sites for hydroxylation is 3. The van der Waals surface area contributed by atoms with Gasteiger partial charge in [-0.3, -0.25) is 14.6 Å². The van der Waals surface area contributed by atoms with E-state index in [1.165, 1.54) is 11.3 Å². The van der Waals surface area contributed by atoms with Crippen molar-refractivity contribution >= 4 is 34.1 Å². The van der Waals surface area contributed by atoms with Crippen LogP contribution in [0.15, 0.2) is 60.9 Å². The molecule has 0 atom stereocenters. The molecule has 0 aliphatic heterocycles. The van der Waals surface area contributed by atoms with Crippen LogP contribution in [0.4, 0.5) is 10.9 Å². The number of aromatic nitrogens is 5. The summed E-state index contributed by atoms with van der Waals surface area (Å²) in [7, 11) is 0. The minimum absolute atomic E-state index is 0.118. The number of carbonyl (C=O) groups is 2. The highest BCUT2D eigenvalue weighted by atomic mass is 32.1. The van der Waals surface area contributed by atoms with Crippen LogP contribution in [0.25, 0.3) is 0 Å². The monoisotopic (exact) mass is 501 g/mol. The molecule has 0 radical (unpaired) electrons. The van der Waals surface area contributed by atoms with Gasteiger partial charge in [0.1, 0.15) is 5.01 Å². The Labute approximate surface area is 213 Å². The zero-order valence-electron chi connectivity index (χ0n) is 20.0. The molecule has 0 fully saturated rings. The fourth-order valence-electron chi connectivity index (χ4n) is 3.59. The van der Waals surface area contributed by atoms with E-state index in [9.17, 15) is 9.59 Å². The third-order valence-corrected chi connectivity index (χ3v) is 6.21. The summed E-state index contributed by atoms with van der Waals surface area (Å²) in [5, 5.41) is 23.6. The van der Waals surface area contributed by atoms with E-state index < -0.39 is 0 Å². The van der Waals surface area contributed by atoms with Crippen LogP contribution in [0.3, 0.4) is 0 Å². The lowest BCUT2D eigenvalue weighted by Crippen LogP contribution is -2.16. The molecule has 0 bridgehead atoms. The van der Waals surface area contributed by atoms with Gasteiger partial charge >= 0.3 is 0 Å². The number of benzene rings is 1. The van der Waals surface area contributed by atoms with Crippen LogP contribution in [-0.2, 0) is 35.3 Å². The number of rotatable bonds is 11. The first-order valence-corrected chi connectivity index (χ1v) is 12.5. The normalized spacial score (nSPS) is 10.7. The zero-order chi connectivity index (χ0) is 25.2. The predicted octanol–water partition coefficient (Wildman–Crippen LogP) is 3.96. The van der Waals surface area contributed by atoms with Gasteiger partial charge in [-0.15, -0.1) is 15.3 Å². The maximum absolute atomic E-state index is 12.3. The third-order valence-electron chi connectivity index (χ3n) is 5.31. The van der Waals surface area contributed by atoms with Crippen LogP contribution in [0.1, 0.15) is 40.2 Å². The van der Waals surface area contributed by atoms with Crippen LogP contribution in [-0.4, -0.2) is 37.2 Å². The Hall–Kier alpha value is -4.05. The molecule has 0 aliphatic rings. The molecule has 3 heterocycles. The number of nitrogens with one attached hydrogen (secondary N) is 2. The van der Waals surface area contributed by atoms with Crippen LogP contribution in [0.2, 0.25) is 0 Å². The summed E-state index contributed by atoms with van der Waals surface area (Å²) in [5.41, 5.74) is 3.80. The van der Waals surface area contributed by atoms with Crippen molar-refractivity contribution in [3.8, 4) is 0 Å². The maximum Gasteiger partial charge on any atom is 0.230 e. The minimum atomic E-state index is -0.140. The molecule has 36 heavy (non-hydrogen) atoms. The second kappa shape index (κ2) is 12.6. The van der Waals surface area contributed by atoms with Gasteiger partial charge in [0, 0.05) is 18.8 Å². The van der Waals surface area contributed by atoms with Gasteiger partial charge < -0.3 is 10.6 Å². The van der Waals surface area contributed by atoms with Crippen LogP contribution >= 0.6 is 11.3 Å². The van der Waals surface area contributed by atoms with Gasteiger partial charge in [-0.05, 0) is 55.5 Å². The van der Waals surface area contributed by atoms with Gasteiger partial charge in [-0.25, -0.2) is 0 Å². The van der Waals surface area contributed by atoms with E-state index in [0.29, 0.717) is 17.4 Å². The Morgan fingerprint density at radius 3 is 2.42 bits per heavy atom. The largest absolute Gasteiger partial charge is 0.309 e. The van der Waals surface area contributed by atoms with E-state index in [2.05, 4.69) is 36.0 Å². The fourth-order valence-corrected chi connectivity index (χ4v) is 4.39. The molecule has 10 heteroatoms. The summed E-state index contributed by atoms with van der Waals surface area (Å²) in [4.78, 5) is 28.4. The second-order valence-corrected chi connectivity index (χ2v) is 9.48. The standard InChI is InChI=1S/C26H27N7O2S/c1-18-6-4-7-19(14-18)15-23(34)28-22-12-11-21(30-31-22)9-2-3-10-25-32-33-26(36-25)29-24(35)16-20-8-5-13-27-17-20/h4-8,11-14,17H,2-3,9-10,15-16H2,1H3,(H,28,31,34)(H,29,33,35). The van der Waals surface area contributed by atoms with Crippen molar-refractivity contribution in [3.63, 3.8) is 0 Å². The van der Waals surface area contributed by atoms with Crippen molar-refractivity contribution in [2.24, 2.45) is 0 Å². The molecule has 0 saturated heterocycles. The Morgan fingerprint density at radius 2 is 1.64 bits per heavy atom. The lowest BCUT2D eigenvalue weighted by atomic mass is 10.1. The second-order valence-electron chi connectivity index (χ2n) is 8.42.